The maximum absolute atomic E-state index is 12.3. The average molecular weight is 1050 g/mol. The predicted molar refractivity (Wildman–Crippen MR) is 244 cm³/mol. The molecular weight excluding hydrogens is 969 g/mol. The summed E-state index contributed by atoms with van der Waals surface area (Å²) in [5.41, 5.74) is -0.333. The van der Waals surface area contributed by atoms with Crippen LogP contribution >= 0.6 is 0 Å². The first-order chi connectivity index (χ1) is 34.7. The maximum Gasteiger partial charge on any atom is 0.187 e. The molecule has 23 heteroatoms. The van der Waals surface area contributed by atoms with Crippen LogP contribution in [0, 0.1) is 52.3 Å². The lowest BCUT2D eigenvalue weighted by Gasteiger charge is -2.62. The van der Waals surface area contributed by atoms with Gasteiger partial charge in [0, 0.05) is 23.7 Å². The molecule has 4 aliphatic carbocycles. The van der Waals surface area contributed by atoms with Gasteiger partial charge in [0.25, 0.3) is 0 Å². The quantitative estimate of drug-likeness (QED) is 0.0902. The van der Waals surface area contributed by atoms with E-state index in [1.807, 2.05) is 0 Å². The molecule has 23 nitrogen and oxygen atoms in total. The van der Waals surface area contributed by atoms with Crippen LogP contribution in [0.15, 0.2) is 0 Å². The topological polar surface area (TPSA) is 355 Å². The second kappa shape index (κ2) is 21.3. The summed E-state index contributed by atoms with van der Waals surface area (Å²) in [6.07, 6.45) is -25.4. The van der Waals surface area contributed by atoms with E-state index in [2.05, 4.69) is 27.7 Å². The van der Waals surface area contributed by atoms with E-state index in [4.69, 9.17) is 47.4 Å². The minimum absolute atomic E-state index is 0.0613. The normalized spacial score (nSPS) is 58.2. The van der Waals surface area contributed by atoms with Gasteiger partial charge < -0.3 is 114 Å². The SMILES string of the molecule is C[C@@H]1CC[C@@]2(OC1)OC1CC3C4CC[C@H]5C[C@@H](O[C@@H]6OC(CO)[C@H](O[C@@H]7O[C@H](CO)[C@@H](O[C@@H]8O[C@H](CO)[C@@H](O)[C@H](O)[C@H]8O[C@@H]8OC[C@@H](O)[C@H](O)[C@H]8O)[C@H](O)[C@H]7O)[C@H](O)[C@H]6O)CC[C@]5(C)C4C[C@@H](O)[C@]3(C)C1[C@@H]2C. The lowest BCUT2D eigenvalue weighted by molar-refractivity contribution is -0.393. The molecule has 13 N–H and O–H groups in total. The molecule has 1 spiro atoms. The van der Waals surface area contributed by atoms with E-state index in [1.54, 1.807) is 0 Å². The number of rotatable bonds is 11. The lowest BCUT2D eigenvalue weighted by Crippen LogP contribution is -2.67. The first kappa shape index (κ1) is 55.4. The summed E-state index contributed by atoms with van der Waals surface area (Å²) < 4.78 is 60.2. The Morgan fingerprint density at radius 1 is 0.534 bits per heavy atom. The molecule has 32 atom stereocenters. The van der Waals surface area contributed by atoms with Gasteiger partial charge in [-0.2, -0.15) is 0 Å². The minimum Gasteiger partial charge on any atom is -0.394 e. The summed E-state index contributed by atoms with van der Waals surface area (Å²) in [6.45, 7) is 6.93. The third-order valence-electron chi connectivity index (χ3n) is 20.1. The molecule has 0 bridgehead atoms. The molecule has 0 aromatic carbocycles. The summed E-state index contributed by atoms with van der Waals surface area (Å²) in [5.74, 6) is 1.71. The molecule has 10 fully saturated rings. The monoisotopic (exact) mass is 1050 g/mol. The fourth-order valence-corrected chi connectivity index (χ4v) is 15.8. The van der Waals surface area contributed by atoms with Crippen molar-refractivity contribution in [2.24, 2.45) is 52.3 Å². The van der Waals surface area contributed by atoms with E-state index < -0.39 is 155 Å². The maximum atomic E-state index is 12.3. The molecule has 6 saturated heterocycles. The van der Waals surface area contributed by atoms with Gasteiger partial charge in [0.05, 0.1) is 51.3 Å². The van der Waals surface area contributed by atoms with Gasteiger partial charge in [-0.3, -0.25) is 0 Å². The van der Waals surface area contributed by atoms with Crippen LogP contribution in [0.5, 0.6) is 0 Å². The predicted octanol–water partition coefficient (Wildman–Crippen LogP) is -3.30. The summed E-state index contributed by atoms with van der Waals surface area (Å²) >= 11 is 0. The first-order valence-electron chi connectivity index (χ1n) is 26.8. The molecule has 0 aromatic rings. The Hall–Kier alpha value is -0.920. The number of ether oxygens (including phenoxy) is 10. The zero-order chi connectivity index (χ0) is 52.2. The van der Waals surface area contributed by atoms with Gasteiger partial charge in [0.2, 0.25) is 0 Å². The Balaban J connectivity index is 0.756. The zero-order valence-electron chi connectivity index (χ0n) is 42.0. The molecule has 6 heterocycles. The highest BCUT2D eigenvalue weighted by Gasteiger charge is 2.72. The molecular formula is C50H82O23. The van der Waals surface area contributed by atoms with Gasteiger partial charge in [-0.1, -0.05) is 27.7 Å². The number of fused-ring (bicyclic) bond motifs is 7. The van der Waals surface area contributed by atoms with Crippen LogP contribution in [-0.2, 0) is 47.4 Å². The van der Waals surface area contributed by atoms with Crippen molar-refractivity contribution < 1.29 is 114 Å². The standard InChI is InChI=1S/C50H82O23/c1-19-7-10-50(65-17-19)20(2)32-27(73-50)12-25-23-6-5-21-11-22(8-9-48(21,3)24(23)13-31(55)49(25,32)4)66-45-39(62)36(59)41(29(15-52)68-45)70-46-40(63)37(60)42(30(16-53)69-46)71-47-43(35(58)34(57)28(14-51)67-47)72-44-38(61)33(56)26(54)18-64-44/h19-47,51-63H,5-18H2,1-4H3/t19-,20+,21+,22+,23?,24?,25?,26-,27?,28-,29?,30-,31-,32?,33+,34-,35+,36-,37-,38-,39-,40-,41+,42-,43-,44+,45-,46+,47+,48+,49-,50-/m1/s1. The van der Waals surface area contributed by atoms with E-state index >= 15 is 0 Å². The van der Waals surface area contributed by atoms with Crippen LogP contribution in [0.2, 0.25) is 0 Å². The van der Waals surface area contributed by atoms with Crippen molar-refractivity contribution >= 4 is 0 Å². The van der Waals surface area contributed by atoms with Crippen molar-refractivity contribution in [3.05, 3.63) is 0 Å². The van der Waals surface area contributed by atoms with Crippen molar-refractivity contribution in [3.63, 3.8) is 0 Å². The Labute approximate surface area is 424 Å². The molecule has 10 aliphatic rings. The number of aliphatic hydroxyl groups excluding tert-OH is 13. The molecule has 0 aromatic heterocycles. The van der Waals surface area contributed by atoms with E-state index in [9.17, 15) is 66.4 Å². The Morgan fingerprint density at radius 3 is 1.75 bits per heavy atom. The molecule has 6 aliphatic heterocycles. The van der Waals surface area contributed by atoms with Crippen LogP contribution in [0.25, 0.3) is 0 Å². The highest BCUT2D eigenvalue weighted by atomic mass is 16.8. The van der Waals surface area contributed by atoms with E-state index in [0.717, 1.165) is 44.9 Å². The molecule has 73 heavy (non-hydrogen) atoms. The van der Waals surface area contributed by atoms with Crippen LogP contribution in [-0.4, -0.2) is 240 Å². The first-order valence-corrected chi connectivity index (χ1v) is 26.8. The number of hydrogen-bond donors (Lipinski definition) is 13. The fourth-order valence-electron chi connectivity index (χ4n) is 15.8. The van der Waals surface area contributed by atoms with E-state index in [-0.39, 0.29) is 40.8 Å². The molecule has 420 valence electrons. The van der Waals surface area contributed by atoms with Gasteiger partial charge in [-0.25, -0.2) is 0 Å². The molecule has 0 radical (unpaired) electrons. The summed E-state index contributed by atoms with van der Waals surface area (Å²) in [5, 5.41) is 141. The highest BCUT2D eigenvalue weighted by molar-refractivity contribution is 5.18. The van der Waals surface area contributed by atoms with Crippen molar-refractivity contribution in [2.45, 2.75) is 226 Å². The largest absolute Gasteiger partial charge is 0.394 e. The lowest BCUT2D eigenvalue weighted by atomic mass is 9.43. The van der Waals surface area contributed by atoms with Crippen LogP contribution < -0.4 is 0 Å². The van der Waals surface area contributed by atoms with Gasteiger partial charge in [0.15, 0.2) is 30.9 Å². The van der Waals surface area contributed by atoms with Crippen LogP contribution in [0.4, 0.5) is 0 Å². The van der Waals surface area contributed by atoms with Crippen molar-refractivity contribution in [1.82, 2.24) is 0 Å². The second-order valence-electron chi connectivity index (χ2n) is 24.0. The van der Waals surface area contributed by atoms with Gasteiger partial charge in [-0.05, 0) is 86.4 Å². The van der Waals surface area contributed by atoms with E-state index in [1.165, 1.54) is 0 Å². The van der Waals surface area contributed by atoms with Crippen molar-refractivity contribution in [1.29, 1.82) is 0 Å². The summed E-state index contributed by atoms with van der Waals surface area (Å²) in [4.78, 5) is 0. The van der Waals surface area contributed by atoms with Gasteiger partial charge in [0.1, 0.15) is 91.6 Å². The minimum atomic E-state index is -2.01. The molecule has 10 rings (SSSR count). The summed E-state index contributed by atoms with van der Waals surface area (Å²) in [6, 6.07) is 0. The smallest absolute Gasteiger partial charge is 0.187 e. The summed E-state index contributed by atoms with van der Waals surface area (Å²) in [7, 11) is 0. The molecule has 4 saturated carbocycles. The third-order valence-corrected chi connectivity index (χ3v) is 20.1. The second-order valence-corrected chi connectivity index (χ2v) is 24.0. The van der Waals surface area contributed by atoms with Crippen LogP contribution in [0.3, 0.4) is 0 Å². The van der Waals surface area contributed by atoms with E-state index in [0.29, 0.717) is 43.1 Å². The Kier molecular flexibility index (Phi) is 16.1. The highest BCUT2D eigenvalue weighted by Crippen LogP contribution is 2.71. The zero-order valence-corrected chi connectivity index (χ0v) is 42.0. The van der Waals surface area contributed by atoms with Gasteiger partial charge >= 0.3 is 0 Å². The van der Waals surface area contributed by atoms with Crippen LogP contribution in [0.1, 0.15) is 85.5 Å². The number of aliphatic hydroxyl groups is 13. The molecule has 6 unspecified atom stereocenters. The third kappa shape index (κ3) is 9.39. The fraction of sp³-hybridized carbons (Fsp3) is 1.00. The van der Waals surface area contributed by atoms with Crippen molar-refractivity contribution in [2.75, 3.05) is 33.0 Å². The Morgan fingerprint density at radius 2 is 1.12 bits per heavy atom. The van der Waals surface area contributed by atoms with Gasteiger partial charge in [-0.15, -0.1) is 0 Å². The van der Waals surface area contributed by atoms with Crippen molar-refractivity contribution in [3.8, 4) is 0 Å². The number of hydrogen-bond acceptors (Lipinski definition) is 23. The Bertz CT molecular complexity index is 1860. The molecule has 0 amide bonds. The average Bonchev–Trinajstić information content (AvgIpc) is 3.83.